The number of anilines is 1. The molecule has 1 N–H and O–H groups in total. The molecule has 5 heteroatoms. The van der Waals surface area contributed by atoms with Crippen LogP contribution in [0.15, 0.2) is 53.0 Å². The average Bonchev–Trinajstić information content (AvgIpc) is 2.54. The molecule has 23 heavy (non-hydrogen) atoms. The van der Waals surface area contributed by atoms with Gasteiger partial charge in [0.15, 0.2) is 0 Å². The van der Waals surface area contributed by atoms with Crippen molar-refractivity contribution in [3.8, 4) is 0 Å². The van der Waals surface area contributed by atoms with Gasteiger partial charge in [-0.25, -0.2) is 4.79 Å². The SMILES string of the molecule is CC(C)C(=O)Nc1ccc(C(=O)OCc2ccc(Br)cc2)cc1. The highest BCUT2D eigenvalue weighted by atomic mass is 79.9. The zero-order valence-electron chi connectivity index (χ0n) is 13.0. The van der Waals surface area contributed by atoms with Gasteiger partial charge >= 0.3 is 5.97 Å². The largest absolute Gasteiger partial charge is 0.457 e. The number of hydrogen-bond acceptors (Lipinski definition) is 3. The molecule has 0 saturated carbocycles. The molecule has 4 nitrogen and oxygen atoms in total. The van der Waals surface area contributed by atoms with Crippen molar-refractivity contribution in [1.29, 1.82) is 0 Å². The van der Waals surface area contributed by atoms with E-state index in [4.69, 9.17) is 4.74 Å². The molecule has 0 heterocycles. The predicted octanol–water partition coefficient (Wildman–Crippen LogP) is 4.40. The van der Waals surface area contributed by atoms with E-state index in [1.165, 1.54) is 0 Å². The summed E-state index contributed by atoms with van der Waals surface area (Å²) in [7, 11) is 0. The van der Waals surface area contributed by atoms with Crippen molar-refractivity contribution in [2.24, 2.45) is 5.92 Å². The van der Waals surface area contributed by atoms with E-state index in [1.54, 1.807) is 24.3 Å². The average molecular weight is 376 g/mol. The van der Waals surface area contributed by atoms with E-state index < -0.39 is 5.97 Å². The summed E-state index contributed by atoms with van der Waals surface area (Å²) in [5, 5.41) is 2.78. The van der Waals surface area contributed by atoms with Gasteiger partial charge in [-0.2, -0.15) is 0 Å². The third-order valence-electron chi connectivity index (χ3n) is 3.20. The van der Waals surface area contributed by atoms with Crippen LogP contribution in [0.4, 0.5) is 5.69 Å². The fourth-order valence-electron chi connectivity index (χ4n) is 1.79. The summed E-state index contributed by atoms with van der Waals surface area (Å²) in [6, 6.07) is 14.2. The normalized spacial score (nSPS) is 10.4. The number of carbonyl (C=O) groups is 2. The monoisotopic (exact) mass is 375 g/mol. The lowest BCUT2D eigenvalue weighted by molar-refractivity contribution is -0.118. The first-order valence-corrected chi connectivity index (χ1v) is 8.07. The predicted molar refractivity (Wildman–Crippen MR) is 93.2 cm³/mol. The first-order chi connectivity index (χ1) is 11.0. The molecule has 0 radical (unpaired) electrons. The van der Waals surface area contributed by atoms with E-state index in [0.717, 1.165) is 10.0 Å². The lowest BCUT2D eigenvalue weighted by atomic mass is 10.1. The Bertz CT molecular complexity index is 678. The molecule has 0 bridgehead atoms. The Kier molecular flexibility index (Phi) is 5.93. The number of halogens is 1. The van der Waals surface area contributed by atoms with Gasteiger partial charge in [-0.1, -0.05) is 41.9 Å². The Morgan fingerprint density at radius 3 is 2.22 bits per heavy atom. The van der Waals surface area contributed by atoms with Gasteiger partial charge in [0.2, 0.25) is 5.91 Å². The Hall–Kier alpha value is -2.14. The van der Waals surface area contributed by atoms with Crippen LogP contribution in [0.25, 0.3) is 0 Å². The molecular weight excluding hydrogens is 358 g/mol. The fourth-order valence-corrected chi connectivity index (χ4v) is 2.05. The number of benzene rings is 2. The van der Waals surface area contributed by atoms with Crippen LogP contribution >= 0.6 is 15.9 Å². The van der Waals surface area contributed by atoms with E-state index in [2.05, 4.69) is 21.2 Å². The molecular formula is C18H18BrNO3. The van der Waals surface area contributed by atoms with Gasteiger partial charge in [0.05, 0.1) is 5.56 Å². The summed E-state index contributed by atoms with van der Waals surface area (Å²) in [6.07, 6.45) is 0. The van der Waals surface area contributed by atoms with Crippen molar-refractivity contribution >= 4 is 33.5 Å². The van der Waals surface area contributed by atoms with Crippen LogP contribution < -0.4 is 5.32 Å². The second-order valence-corrected chi connectivity index (χ2v) is 6.34. The van der Waals surface area contributed by atoms with Gasteiger partial charge in [-0.3, -0.25) is 4.79 Å². The number of amides is 1. The molecule has 0 unspecified atom stereocenters. The van der Waals surface area contributed by atoms with E-state index >= 15 is 0 Å². The summed E-state index contributed by atoms with van der Waals surface area (Å²) in [4.78, 5) is 23.6. The van der Waals surface area contributed by atoms with Gasteiger partial charge in [0.25, 0.3) is 0 Å². The van der Waals surface area contributed by atoms with E-state index in [0.29, 0.717) is 11.3 Å². The van der Waals surface area contributed by atoms with Crippen molar-refractivity contribution < 1.29 is 14.3 Å². The Morgan fingerprint density at radius 2 is 1.65 bits per heavy atom. The quantitative estimate of drug-likeness (QED) is 0.787. The minimum Gasteiger partial charge on any atom is -0.457 e. The van der Waals surface area contributed by atoms with Gasteiger partial charge in [0.1, 0.15) is 6.61 Å². The van der Waals surface area contributed by atoms with Crippen LogP contribution in [0.5, 0.6) is 0 Å². The number of nitrogens with one attached hydrogen (secondary N) is 1. The zero-order valence-corrected chi connectivity index (χ0v) is 14.6. The fraction of sp³-hybridized carbons (Fsp3) is 0.222. The molecule has 0 aliphatic rings. The summed E-state index contributed by atoms with van der Waals surface area (Å²) in [6.45, 7) is 3.87. The molecule has 0 spiro atoms. The van der Waals surface area contributed by atoms with Gasteiger partial charge in [-0.05, 0) is 42.0 Å². The topological polar surface area (TPSA) is 55.4 Å². The first-order valence-electron chi connectivity index (χ1n) is 7.28. The molecule has 2 aromatic carbocycles. The molecule has 120 valence electrons. The zero-order chi connectivity index (χ0) is 16.8. The van der Waals surface area contributed by atoms with Crippen LogP contribution in [-0.2, 0) is 16.1 Å². The second-order valence-electron chi connectivity index (χ2n) is 5.42. The van der Waals surface area contributed by atoms with Crippen molar-refractivity contribution in [2.75, 3.05) is 5.32 Å². The smallest absolute Gasteiger partial charge is 0.338 e. The molecule has 0 aromatic heterocycles. The first kappa shape index (κ1) is 17.2. The summed E-state index contributed by atoms with van der Waals surface area (Å²) in [5.74, 6) is -0.546. The second kappa shape index (κ2) is 7.92. The van der Waals surface area contributed by atoms with E-state index in [9.17, 15) is 9.59 Å². The standard InChI is InChI=1S/C18H18BrNO3/c1-12(2)17(21)20-16-9-5-14(6-10-16)18(22)23-11-13-3-7-15(19)8-4-13/h3-10,12H,11H2,1-2H3,(H,20,21). The Morgan fingerprint density at radius 1 is 1.04 bits per heavy atom. The maximum atomic E-state index is 12.0. The van der Waals surface area contributed by atoms with Crippen LogP contribution in [0.1, 0.15) is 29.8 Å². The molecule has 2 aromatic rings. The lowest BCUT2D eigenvalue weighted by Gasteiger charge is -2.09. The lowest BCUT2D eigenvalue weighted by Crippen LogP contribution is -2.17. The minimum absolute atomic E-state index is 0.0597. The molecule has 0 aliphatic heterocycles. The summed E-state index contributed by atoms with van der Waals surface area (Å²) < 4.78 is 6.25. The summed E-state index contributed by atoms with van der Waals surface area (Å²) in [5.41, 5.74) is 2.03. The maximum absolute atomic E-state index is 12.0. The highest BCUT2D eigenvalue weighted by molar-refractivity contribution is 9.10. The molecule has 0 atom stereocenters. The van der Waals surface area contributed by atoms with E-state index in [1.807, 2.05) is 38.1 Å². The van der Waals surface area contributed by atoms with Crippen molar-refractivity contribution in [1.82, 2.24) is 0 Å². The van der Waals surface area contributed by atoms with E-state index in [-0.39, 0.29) is 18.4 Å². The highest BCUT2D eigenvalue weighted by Gasteiger charge is 2.10. The van der Waals surface area contributed by atoms with Crippen LogP contribution in [0.3, 0.4) is 0 Å². The van der Waals surface area contributed by atoms with Gasteiger partial charge in [0, 0.05) is 16.1 Å². The van der Waals surface area contributed by atoms with Crippen molar-refractivity contribution in [3.05, 3.63) is 64.1 Å². The minimum atomic E-state index is -0.394. The highest BCUT2D eigenvalue weighted by Crippen LogP contribution is 2.14. The van der Waals surface area contributed by atoms with Crippen LogP contribution in [-0.4, -0.2) is 11.9 Å². The molecule has 1 amide bonds. The number of carbonyl (C=O) groups excluding carboxylic acids is 2. The third-order valence-corrected chi connectivity index (χ3v) is 3.72. The summed E-state index contributed by atoms with van der Waals surface area (Å²) >= 11 is 3.36. The Balaban J connectivity index is 1.92. The van der Waals surface area contributed by atoms with Crippen LogP contribution in [0.2, 0.25) is 0 Å². The maximum Gasteiger partial charge on any atom is 0.338 e. The number of rotatable bonds is 5. The van der Waals surface area contributed by atoms with Crippen molar-refractivity contribution in [3.63, 3.8) is 0 Å². The third kappa shape index (κ3) is 5.21. The van der Waals surface area contributed by atoms with Gasteiger partial charge in [-0.15, -0.1) is 0 Å². The molecule has 2 rings (SSSR count). The van der Waals surface area contributed by atoms with Crippen LogP contribution in [0, 0.1) is 5.92 Å². The number of ether oxygens (including phenoxy) is 1. The number of hydrogen-bond donors (Lipinski definition) is 1. The molecule has 0 saturated heterocycles. The molecule has 0 aliphatic carbocycles. The van der Waals surface area contributed by atoms with Crippen molar-refractivity contribution in [2.45, 2.75) is 20.5 Å². The Labute approximate surface area is 144 Å². The van der Waals surface area contributed by atoms with Gasteiger partial charge < -0.3 is 10.1 Å². The number of esters is 1. The molecule has 0 fully saturated rings.